The van der Waals surface area contributed by atoms with Gasteiger partial charge in [0.15, 0.2) is 5.78 Å². The van der Waals surface area contributed by atoms with Crippen molar-refractivity contribution in [1.29, 1.82) is 0 Å². The number of piperidine rings is 1. The molecule has 2 saturated heterocycles. The summed E-state index contributed by atoms with van der Waals surface area (Å²) in [4.78, 5) is 70.1. The minimum atomic E-state index is -2.41. The van der Waals surface area contributed by atoms with E-state index in [1.54, 1.807) is 34.1 Å². The maximum absolute atomic E-state index is 14.1. The van der Waals surface area contributed by atoms with E-state index in [0.29, 0.717) is 76.2 Å². The molecule has 3 heterocycles. The molecular weight excluding hydrogens is 787 g/mol. The summed E-state index contributed by atoms with van der Waals surface area (Å²) in [7, 11) is 4.50. The van der Waals surface area contributed by atoms with Crippen molar-refractivity contribution >= 4 is 29.2 Å². The number of Topliss-reactive ketones (excluding diaryl/α,β-unsaturated/α-hetero) is 3. The molecule has 0 radical (unpaired) electrons. The third kappa shape index (κ3) is 14.1. The molecule has 11 atom stereocenters. The molecule has 0 aromatic rings. The number of rotatable bonds is 6. The van der Waals surface area contributed by atoms with Gasteiger partial charge in [-0.25, -0.2) is 4.79 Å². The Morgan fingerprint density at radius 2 is 1.62 bits per heavy atom. The fraction of sp³-hybridized carbons (Fsp3) is 0.723. The van der Waals surface area contributed by atoms with Crippen molar-refractivity contribution in [2.24, 2.45) is 11.8 Å². The predicted molar refractivity (Wildman–Crippen MR) is 227 cm³/mol. The van der Waals surface area contributed by atoms with E-state index in [1.807, 2.05) is 37.3 Å². The lowest BCUT2D eigenvalue weighted by atomic mass is 9.82. The second-order valence-electron chi connectivity index (χ2n) is 17.4. The Balaban J connectivity index is 1.62. The molecule has 61 heavy (non-hydrogen) atoms. The van der Waals surface area contributed by atoms with E-state index in [2.05, 4.69) is 0 Å². The fourth-order valence-electron chi connectivity index (χ4n) is 8.99. The van der Waals surface area contributed by atoms with E-state index in [1.165, 1.54) is 12.0 Å². The van der Waals surface area contributed by atoms with Crippen LogP contribution in [0.3, 0.4) is 0 Å². The highest BCUT2D eigenvalue weighted by molar-refractivity contribution is 6.39. The Morgan fingerprint density at radius 1 is 0.852 bits per heavy atom. The molecule has 0 spiro atoms. The number of allylic oxidation sites excluding steroid dienone is 6. The molecule has 3 N–H and O–H groups in total. The first-order chi connectivity index (χ1) is 29.1. The number of ether oxygens (including phenoxy) is 5. The molecule has 3 aliphatic heterocycles. The van der Waals surface area contributed by atoms with Crippen molar-refractivity contribution in [1.82, 2.24) is 4.90 Å². The van der Waals surface area contributed by atoms with Crippen molar-refractivity contribution in [3.63, 3.8) is 0 Å². The molecule has 0 unspecified atom stereocenters. The molecule has 1 amide bonds. The van der Waals surface area contributed by atoms with Gasteiger partial charge in [-0.1, -0.05) is 43.4 Å². The van der Waals surface area contributed by atoms with E-state index in [-0.39, 0.29) is 55.8 Å². The van der Waals surface area contributed by atoms with Crippen molar-refractivity contribution in [2.75, 3.05) is 27.9 Å². The van der Waals surface area contributed by atoms with Gasteiger partial charge in [-0.2, -0.15) is 0 Å². The molecule has 14 heteroatoms. The van der Waals surface area contributed by atoms with Crippen LogP contribution in [0.15, 0.2) is 47.6 Å². The van der Waals surface area contributed by atoms with Gasteiger partial charge in [0.05, 0.1) is 24.4 Å². The summed E-state index contributed by atoms with van der Waals surface area (Å²) in [6.07, 6.45) is 12.5. The zero-order chi connectivity index (χ0) is 44.7. The Labute approximate surface area is 361 Å². The van der Waals surface area contributed by atoms with Gasteiger partial charge < -0.3 is 43.9 Å². The second kappa shape index (κ2) is 24.5. The van der Waals surface area contributed by atoms with Gasteiger partial charge in [-0.3, -0.25) is 19.2 Å². The Hall–Kier alpha value is -3.37. The van der Waals surface area contributed by atoms with Gasteiger partial charge >= 0.3 is 5.97 Å². The summed E-state index contributed by atoms with van der Waals surface area (Å²) in [6, 6.07) is -1.12. The quantitative estimate of drug-likeness (QED) is 0.180. The van der Waals surface area contributed by atoms with Crippen LogP contribution in [-0.2, 0) is 47.7 Å². The number of amides is 1. The molecule has 4 rings (SSSR count). The molecule has 342 valence electrons. The summed E-state index contributed by atoms with van der Waals surface area (Å²) >= 11 is 0. The zero-order valence-corrected chi connectivity index (χ0v) is 37.1. The predicted octanol–water partition coefficient (Wildman–Crippen LogP) is 5.20. The first-order valence-electron chi connectivity index (χ1n) is 22.2. The minimum absolute atomic E-state index is 0.0958. The van der Waals surface area contributed by atoms with Gasteiger partial charge in [0.25, 0.3) is 11.7 Å². The number of aliphatic hydroxyl groups excluding tert-OH is 2. The van der Waals surface area contributed by atoms with Crippen LogP contribution in [0.2, 0.25) is 0 Å². The highest BCUT2D eigenvalue weighted by Crippen LogP contribution is 2.37. The van der Waals surface area contributed by atoms with E-state index in [4.69, 9.17) is 23.7 Å². The third-order valence-corrected chi connectivity index (χ3v) is 13.1. The molecule has 4 aliphatic rings. The standard InChI is InChI=1S/C47H71NO13/c1-30-15-11-9-7-8-10-12-17-39(51)43(59-6)42(52)31(2)18-22-34(49)28-35(24-20-33-21-25-38(50)41(27-33)58-5)60-46(55)37-16-13-14-26-48(37)45(54)44(53)47(56)32(3)19-23-36(61-47)29-40(30)57-4/h7-9,11,15,18,32-33,35-38,40-43,50,52,56H,10,12-14,16-17,19-29H2,1-6H3/b8-7+,11-9?,30-15?,31-18+/t32-,33-,35-,36+,37+,38-,40+,41-,42-,43+,47-/m1/s1. The van der Waals surface area contributed by atoms with Crippen LogP contribution in [0, 0.1) is 11.8 Å². The number of hydrogen-bond donors (Lipinski definition) is 3. The number of cyclic esters (lactones) is 1. The van der Waals surface area contributed by atoms with E-state index in [0.717, 1.165) is 12.0 Å². The maximum Gasteiger partial charge on any atom is 0.329 e. The number of fused-ring (bicyclic) bond motifs is 3. The summed E-state index contributed by atoms with van der Waals surface area (Å²) in [5, 5.41) is 33.3. The Bertz CT molecular complexity index is 1620. The van der Waals surface area contributed by atoms with Crippen LogP contribution in [0.1, 0.15) is 124 Å². The number of esters is 1. The number of ketones is 3. The smallest absolute Gasteiger partial charge is 0.329 e. The van der Waals surface area contributed by atoms with Crippen LogP contribution in [0.4, 0.5) is 0 Å². The maximum atomic E-state index is 14.1. The molecule has 0 aromatic carbocycles. The van der Waals surface area contributed by atoms with Crippen LogP contribution in [0.25, 0.3) is 0 Å². The molecular formula is C47H71NO13. The van der Waals surface area contributed by atoms with Crippen molar-refractivity contribution in [2.45, 2.75) is 178 Å². The van der Waals surface area contributed by atoms with E-state index in [9.17, 15) is 39.3 Å². The van der Waals surface area contributed by atoms with E-state index < -0.39 is 72.0 Å². The summed E-state index contributed by atoms with van der Waals surface area (Å²) in [6.45, 7) is 5.30. The summed E-state index contributed by atoms with van der Waals surface area (Å²) in [5.74, 6) is -6.38. The summed E-state index contributed by atoms with van der Waals surface area (Å²) < 4.78 is 28.9. The van der Waals surface area contributed by atoms with Crippen LogP contribution < -0.4 is 0 Å². The highest BCUT2D eigenvalue weighted by Gasteiger charge is 2.53. The second-order valence-corrected chi connectivity index (χ2v) is 17.4. The number of carbonyl (C=O) groups is 5. The SMILES string of the molecule is CO[C@H]1C[C@@H]2CC[C@@H](C)[C@@](O)(O2)C(=O)C(=O)N2CCCC[C@H]2C(=O)O[C@H](CC[C@@H]2CC[C@@H](O)[C@H](OC)C2)CC(=O)C/C=C(\C)[C@@H](O)[C@@H](OC)C(=O)CCC/C=C/C=CC=C1C. The number of carbonyl (C=O) groups excluding carboxylic acids is 5. The average molecular weight is 858 g/mol. The monoisotopic (exact) mass is 857 g/mol. The largest absolute Gasteiger partial charge is 0.460 e. The third-order valence-electron chi connectivity index (χ3n) is 13.1. The number of methoxy groups -OCH3 is 3. The molecule has 1 saturated carbocycles. The van der Waals surface area contributed by atoms with Crippen molar-refractivity contribution in [3.8, 4) is 0 Å². The van der Waals surface area contributed by atoms with Gasteiger partial charge in [0.1, 0.15) is 30.1 Å². The van der Waals surface area contributed by atoms with Crippen LogP contribution in [-0.4, -0.2) is 132 Å². The lowest BCUT2D eigenvalue weighted by Crippen LogP contribution is -2.60. The fourth-order valence-corrected chi connectivity index (χ4v) is 8.99. The summed E-state index contributed by atoms with van der Waals surface area (Å²) in [5.41, 5.74) is 1.28. The Morgan fingerprint density at radius 3 is 2.34 bits per heavy atom. The number of hydrogen-bond acceptors (Lipinski definition) is 13. The number of nitrogens with zero attached hydrogens (tertiary/aromatic N) is 1. The Kier molecular flexibility index (Phi) is 20.2. The van der Waals surface area contributed by atoms with Gasteiger partial charge in [-0.05, 0) is 108 Å². The molecule has 0 aromatic heterocycles. The molecule has 3 fully saturated rings. The normalized spacial score (nSPS) is 36.7. The topological polar surface area (TPSA) is 195 Å². The lowest BCUT2D eigenvalue weighted by Gasteiger charge is -2.42. The number of aliphatic hydroxyl groups is 3. The first-order valence-corrected chi connectivity index (χ1v) is 22.2. The molecule has 1 aliphatic carbocycles. The first kappa shape index (κ1) is 50.3. The van der Waals surface area contributed by atoms with Crippen LogP contribution in [0.5, 0.6) is 0 Å². The van der Waals surface area contributed by atoms with Crippen LogP contribution >= 0.6 is 0 Å². The van der Waals surface area contributed by atoms with Crippen molar-refractivity contribution in [3.05, 3.63) is 47.6 Å². The minimum Gasteiger partial charge on any atom is -0.460 e. The zero-order valence-electron chi connectivity index (χ0n) is 37.1. The van der Waals surface area contributed by atoms with E-state index >= 15 is 0 Å². The van der Waals surface area contributed by atoms with Gasteiger partial charge in [0.2, 0.25) is 5.79 Å². The molecule has 2 bridgehead atoms. The highest BCUT2D eigenvalue weighted by atomic mass is 16.6. The average Bonchev–Trinajstić information content (AvgIpc) is 3.25. The molecule has 14 nitrogen and oxygen atoms in total. The lowest BCUT2D eigenvalue weighted by molar-refractivity contribution is -0.265. The van der Waals surface area contributed by atoms with Gasteiger partial charge in [-0.15, -0.1) is 0 Å². The van der Waals surface area contributed by atoms with Gasteiger partial charge in [0, 0.05) is 59.5 Å². The van der Waals surface area contributed by atoms with Crippen molar-refractivity contribution < 1.29 is 63.0 Å².